The minimum Gasteiger partial charge on any atom is -0.454 e. The number of fused-ring (bicyclic) bond motifs is 1. The SMILES string of the molecule is Cc1c(N)cc(Oc2ccc(F)cc2F)cc1Br.Fc1ccc(Oc2cc(Br)c3cn[nH]c3c2)c(F)c1. The number of benzene rings is 4. The zero-order valence-corrected chi connectivity index (χ0v) is 22.1. The molecule has 0 radical (unpaired) electrons. The predicted molar refractivity (Wildman–Crippen MR) is 140 cm³/mol. The Kier molecular flexibility index (Phi) is 8.03. The lowest BCUT2D eigenvalue weighted by molar-refractivity contribution is 0.437. The maximum Gasteiger partial charge on any atom is 0.168 e. The maximum atomic E-state index is 13.5. The molecule has 0 saturated heterocycles. The number of nitrogen functional groups attached to an aromatic ring is 1. The van der Waals surface area contributed by atoms with Crippen LogP contribution in [0.4, 0.5) is 23.2 Å². The van der Waals surface area contributed by atoms with Crippen molar-refractivity contribution >= 4 is 48.5 Å². The second-order valence-corrected chi connectivity index (χ2v) is 9.42. The van der Waals surface area contributed by atoms with Crippen LogP contribution < -0.4 is 15.2 Å². The summed E-state index contributed by atoms with van der Waals surface area (Å²) in [4.78, 5) is 0. The second-order valence-electron chi connectivity index (χ2n) is 7.71. The fourth-order valence-electron chi connectivity index (χ4n) is 3.15. The molecule has 0 bridgehead atoms. The molecule has 3 N–H and O–H groups in total. The van der Waals surface area contributed by atoms with Gasteiger partial charge in [0.1, 0.15) is 23.1 Å². The molecule has 5 aromatic rings. The van der Waals surface area contributed by atoms with Crippen LogP contribution in [0.5, 0.6) is 23.0 Å². The third-order valence-electron chi connectivity index (χ3n) is 5.08. The topological polar surface area (TPSA) is 73.2 Å². The Hall–Kier alpha value is -3.57. The van der Waals surface area contributed by atoms with Crippen molar-refractivity contribution in [3.05, 3.63) is 105 Å². The molecule has 11 heteroatoms. The molecule has 0 aliphatic carbocycles. The molecule has 190 valence electrons. The fraction of sp³-hybridized carbons (Fsp3) is 0.0385. The van der Waals surface area contributed by atoms with Gasteiger partial charge in [-0.15, -0.1) is 0 Å². The molecular weight excluding hydrogens is 622 g/mol. The van der Waals surface area contributed by atoms with E-state index in [0.29, 0.717) is 17.2 Å². The van der Waals surface area contributed by atoms with Crippen LogP contribution in [0.2, 0.25) is 0 Å². The van der Waals surface area contributed by atoms with Gasteiger partial charge in [-0.3, -0.25) is 5.10 Å². The summed E-state index contributed by atoms with van der Waals surface area (Å²) in [6, 6.07) is 12.9. The molecule has 5 rings (SSSR count). The Balaban J connectivity index is 0.000000173. The van der Waals surface area contributed by atoms with E-state index in [1.807, 2.05) is 6.92 Å². The molecule has 1 aromatic heterocycles. The van der Waals surface area contributed by atoms with E-state index < -0.39 is 23.3 Å². The molecular formula is C26H17Br2F4N3O2. The normalized spacial score (nSPS) is 10.7. The quantitative estimate of drug-likeness (QED) is 0.152. The lowest BCUT2D eigenvalue weighted by Crippen LogP contribution is -1.94. The second kappa shape index (κ2) is 11.2. The number of rotatable bonds is 4. The van der Waals surface area contributed by atoms with Crippen LogP contribution in [0.3, 0.4) is 0 Å². The molecule has 5 nitrogen and oxygen atoms in total. The standard InChI is InChI=1S/C13H7BrF2N2O.C13H10BrF2NO/c14-10-4-8(5-12-9(10)6-17-18-12)19-13-2-1-7(15)3-11(13)16;1-7-10(14)5-9(6-12(7)17)18-13-3-2-8(15)4-11(13)16/h1-6H,(H,17,18);2-6H,17H2,1H3. The molecule has 0 saturated carbocycles. The molecule has 0 aliphatic heterocycles. The number of aromatic amines is 1. The van der Waals surface area contributed by atoms with Crippen LogP contribution >= 0.6 is 31.9 Å². The molecule has 1 heterocycles. The maximum absolute atomic E-state index is 13.5. The number of nitrogens with one attached hydrogen (secondary N) is 1. The van der Waals surface area contributed by atoms with Gasteiger partial charge in [0.25, 0.3) is 0 Å². The summed E-state index contributed by atoms with van der Waals surface area (Å²) in [6.07, 6.45) is 1.67. The van der Waals surface area contributed by atoms with E-state index in [-0.39, 0.29) is 11.5 Å². The van der Waals surface area contributed by atoms with Crippen molar-refractivity contribution in [2.75, 3.05) is 5.73 Å². The van der Waals surface area contributed by atoms with E-state index in [1.165, 1.54) is 12.1 Å². The van der Waals surface area contributed by atoms with Crippen LogP contribution in [0.1, 0.15) is 5.56 Å². The van der Waals surface area contributed by atoms with Crippen molar-refractivity contribution in [2.45, 2.75) is 6.92 Å². The van der Waals surface area contributed by atoms with Crippen molar-refractivity contribution < 1.29 is 27.0 Å². The minimum absolute atomic E-state index is 0.0350. The Bertz CT molecular complexity index is 1570. The van der Waals surface area contributed by atoms with Crippen molar-refractivity contribution in [1.82, 2.24) is 10.2 Å². The van der Waals surface area contributed by atoms with Crippen LogP contribution in [-0.4, -0.2) is 10.2 Å². The first-order valence-corrected chi connectivity index (χ1v) is 12.1. The molecule has 0 atom stereocenters. The average Bonchev–Trinajstić information content (AvgIpc) is 3.31. The molecule has 0 unspecified atom stereocenters. The van der Waals surface area contributed by atoms with Gasteiger partial charge in [-0.1, -0.05) is 15.9 Å². The van der Waals surface area contributed by atoms with Gasteiger partial charge in [-0.05, 0) is 64.8 Å². The first kappa shape index (κ1) is 26.5. The summed E-state index contributed by atoms with van der Waals surface area (Å²) in [6.45, 7) is 1.85. The highest BCUT2D eigenvalue weighted by molar-refractivity contribution is 9.11. The number of ether oxygens (including phenoxy) is 2. The number of halogens is 6. The van der Waals surface area contributed by atoms with Gasteiger partial charge in [0.2, 0.25) is 0 Å². The largest absolute Gasteiger partial charge is 0.454 e. The number of H-pyrrole nitrogens is 1. The van der Waals surface area contributed by atoms with Gasteiger partial charge in [0.15, 0.2) is 23.1 Å². The highest BCUT2D eigenvalue weighted by Gasteiger charge is 2.10. The molecule has 4 aromatic carbocycles. The summed E-state index contributed by atoms with van der Waals surface area (Å²) in [5.41, 5.74) is 7.94. The number of nitrogens with zero attached hydrogens (tertiary/aromatic N) is 1. The van der Waals surface area contributed by atoms with E-state index in [9.17, 15) is 17.6 Å². The average molecular weight is 639 g/mol. The van der Waals surface area contributed by atoms with Crippen LogP contribution in [-0.2, 0) is 0 Å². The smallest absolute Gasteiger partial charge is 0.168 e. The third-order valence-corrected chi connectivity index (χ3v) is 6.56. The Morgan fingerprint density at radius 3 is 1.84 bits per heavy atom. The number of anilines is 1. The van der Waals surface area contributed by atoms with Gasteiger partial charge in [-0.2, -0.15) is 5.10 Å². The zero-order chi connectivity index (χ0) is 26.7. The Morgan fingerprint density at radius 1 is 0.757 bits per heavy atom. The minimum atomic E-state index is -0.759. The summed E-state index contributed by atoms with van der Waals surface area (Å²) in [7, 11) is 0. The van der Waals surface area contributed by atoms with Gasteiger partial charge in [-0.25, -0.2) is 17.6 Å². The van der Waals surface area contributed by atoms with Crippen molar-refractivity contribution in [1.29, 1.82) is 0 Å². The van der Waals surface area contributed by atoms with Crippen molar-refractivity contribution in [2.24, 2.45) is 0 Å². The van der Waals surface area contributed by atoms with Crippen molar-refractivity contribution in [3.63, 3.8) is 0 Å². The van der Waals surface area contributed by atoms with E-state index >= 15 is 0 Å². The molecule has 0 spiro atoms. The molecule has 37 heavy (non-hydrogen) atoms. The first-order valence-electron chi connectivity index (χ1n) is 10.5. The molecule has 0 amide bonds. The number of hydrogen-bond donors (Lipinski definition) is 2. The number of nitrogens with two attached hydrogens (primary N) is 1. The molecule has 0 fully saturated rings. The lowest BCUT2D eigenvalue weighted by atomic mass is 10.2. The van der Waals surface area contributed by atoms with Gasteiger partial charge in [0.05, 0.1) is 11.7 Å². The van der Waals surface area contributed by atoms with Gasteiger partial charge in [0, 0.05) is 44.3 Å². The predicted octanol–water partition coefficient (Wildman–Crippen LogP) is 8.81. The highest BCUT2D eigenvalue weighted by Crippen LogP contribution is 2.33. The molecule has 0 aliphatic rings. The van der Waals surface area contributed by atoms with E-state index in [0.717, 1.165) is 49.7 Å². The monoisotopic (exact) mass is 637 g/mol. The lowest BCUT2D eigenvalue weighted by Gasteiger charge is -2.10. The summed E-state index contributed by atoms with van der Waals surface area (Å²) in [5.74, 6) is -2.08. The number of hydrogen-bond acceptors (Lipinski definition) is 4. The summed E-state index contributed by atoms with van der Waals surface area (Å²) in [5, 5.41) is 7.60. The fourth-order valence-corrected chi connectivity index (χ4v) is 4.14. The summed E-state index contributed by atoms with van der Waals surface area (Å²) >= 11 is 6.70. The van der Waals surface area contributed by atoms with Gasteiger partial charge >= 0.3 is 0 Å². The van der Waals surface area contributed by atoms with Crippen LogP contribution in [0.15, 0.2) is 75.8 Å². The third kappa shape index (κ3) is 6.41. The van der Waals surface area contributed by atoms with E-state index in [1.54, 1.807) is 30.5 Å². The Morgan fingerprint density at radius 2 is 1.30 bits per heavy atom. The summed E-state index contributed by atoms with van der Waals surface area (Å²) < 4.78 is 64.7. The Labute approximate surface area is 225 Å². The van der Waals surface area contributed by atoms with Crippen molar-refractivity contribution in [3.8, 4) is 23.0 Å². The van der Waals surface area contributed by atoms with Crippen LogP contribution in [0.25, 0.3) is 10.9 Å². The van der Waals surface area contributed by atoms with E-state index in [2.05, 4.69) is 42.1 Å². The van der Waals surface area contributed by atoms with Gasteiger partial charge < -0.3 is 15.2 Å². The highest BCUT2D eigenvalue weighted by atomic mass is 79.9. The van der Waals surface area contributed by atoms with E-state index in [4.69, 9.17) is 15.2 Å². The number of aromatic nitrogens is 2. The zero-order valence-electron chi connectivity index (χ0n) is 19.0. The first-order chi connectivity index (χ1) is 17.6. The van der Waals surface area contributed by atoms with Crippen LogP contribution in [0, 0.1) is 30.2 Å².